The van der Waals surface area contributed by atoms with Crippen LogP contribution in [0.5, 0.6) is 0 Å². The zero-order valence-electron chi connectivity index (χ0n) is 20.6. The Balaban J connectivity index is 0.000000316. The van der Waals surface area contributed by atoms with Crippen LogP contribution in [0.4, 0.5) is 0 Å². The lowest BCUT2D eigenvalue weighted by Gasteiger charge is -2.15. The Morgan fingerprint density at radius 3 is 1.87 bits per heavy atom. The number of ether oxygens (including phenoxy) is 2. The Kier molecular flexibility index (Phi) is 11.4. The number of hydrogen-bond donors (Lipinski definition) is 2. The van der Waals surface area contributed by atoms with Gasteiger partial charge in [0.25, 0.3) is 0 Å². The number of rotatable bonds is 11. The van der Waals surface area contributed by atoms with Gasteiger partial charge in [0.2, 0.25) is 0 Å². The van der Waals surface area contributed by atoms with E-state index in [1.807, 2.05) is 24.0 Å². The van der Waals surface area contributed by atoms with Crippen LogP contribution in [0.15, 0.2) is 18.6 Å². The topological polar surface area (TPSA) is 94.6 Å². The summed E-state index contributed by atoms with van der Waals surface area (Å²) in [6.07, 6.45) is 5.45. The summed E-state index contributed by atoms with van der Waals surface area (Å²) in [4.78, 5) is 0. The van der Waals surface area contributed by atoms with Crippen molar-refractivity contribution in [2.75, 3.05) is 13.2 Å². The molecule has 176 valence electrons. The van der Waals surface area contributed by atoms with Crippen LogP contribution in [0.1, 0.15) is 11.1 Å². The first-order valence-corrected chi connectivity index (χ1v) is 18.2. The maximum atomic E-state index is 9.21. The lowest BCUT2D eigenvalue weighted by Crippen LogP contribution is -2.39. The third kappa shape index (κ3) is 12.4. The summed E-state index contributed by atoms with van der Waals surface area (Å²) < 4.78 is 14.4. The van der Waals surface area contributed by atoms with Gasteiger partial charge in [-0.3, -0.25) is 0 Å². The molecule has 2 aromatic rings. The largest absolute Gasteiger partial charge is 0.508 e. The predicted octanol–water partition coefficient (Wildman–Crippen LogP) is 2.69. The predicted molar refractivity (Wildman–Crippen MR) is 132 cm³/mol. The van der Waals surface area contributed by atoms with Gasteiger partial charge in [-0.15, -0.1) is 0 Å². The molecule has 0 aromatic carbocycles. The summed E-state index contributed by atoms with van der Waals surface area (Å²) in [6.45, 7) is 20.2. The van der Waals surface area contributed by atoms with E-state index in [-0.39, 0.29) is 6.73 Å². The van der Waals surface area contributed by atoms with Gasteiger partial charge < -0.3 is 19.5 Å². The zero-order valence-corrected chi connectivity index (χ0v) is 22.6. The van der Waals surface area contributed by atoms with Gasteiger partial charge in [-0.1, -0.05) is 39.3 Å². The van der Waals surface area contributed by atoms with Gasteiger partial charge in [-0.05, 0) is 37.1 Å². The second kappa shape index (κ2) is 12.7. The maximum absolute atomic E-state index is 9.21. The summed E-state index contributed by atoms with van der Waals surface area (Å²) in [5.41, 5.74) is 2.34. The Labute approximate surface area is 189 Å². The molecule has 2 heterocycles. The normalized spacial score (nSPS) is 11.9. The number of nitrogens with zero attached hydrogens (tertiary/aromatic N) is 4. The Morgan fingerprint density at radius 2 is 1.42 bits per heavy atom. The lowest BCUT2D eigenvalue weighted by atomic mass is 9.83. The van der Waals surface area contributed by atoms with Gasteiger partial charge in [-0.2, -0.15) is 10.2 Å². The third-order valence-electron chi connectivity index (χ3n) is 4.51. The zero-order chi connectivity index (χ0) is 23.7. The minimum absolute atomic E-state index is 0.269. The fraction of sp³-hybridized carbons (Fsp3) is 0.700. The van der Waals surface area contributed by atoms with Crippen LogP contribution >= 0.6 is 0 Å². The summed E-state index contributed by atoms with van der Waals surface area (Å²) in [5, 5.41) is 26.6. The van der Waals surface area contributed by atoms with Gasteiger partial charge >= 0.3 is 7.12 Å². The van der Waals surface area contributed by atoms with Crippen molar-refractivity contribution in [3.05, 3.63) is 29.7 Å². The quantitative estimate of drug-likeness (QED) is 0.389. The highest BCUT2D eigenvalue weighted by atomic mass is 28.3. The van der Waals surface area contributed by atoms with E-state index in [9.17, 15) is 10.0 Å². The second-order valence-corrected chi connectivity index (χ2v) is 21.6. The van der Waals surface area contributed by atoms with Crippen molar-refractivity contribution in [2.24, 2.45) is 0 Å². The molecule has 2 aromatic heterocycles. The average Bonchev–Trinajstić information content (AvgIpc) is 3.20. The Hall–Kier alpha value is -1.24. The second-order valence-electron chi connectivity index (χ2n) is 10.3. The van der Waals surface area contributed by atoms with Crippen LogP contribution in [-0.4, -0.2) is 66.1 Å². The van der Waals surface area contributed by atoms with Crippen LogP contribution in [-0.2, 0) is 22.9 Å². The van der Waals surface area contributed by atoms with Crippen LogP contribution < -0.4 is 5.59 Å². The fourth-order valence-electron chi connectivity index (χ4n) is 2.53. The minimum Gasteiger partial charge on any atom is -0.422 e. The molecule has 0 aliphatic carbocycles. The van der Waals surface area contributed by atoms with Crippen molar-refractivity contribution in [3.63, 3.8) is 0 Å². The Morgan fingerprint density at radius 1 is 0.871 bits per heavy atom. The average molecular weight is 469 g/mol. The summed E-state index contributed by atoms with van der Waals surface area (Å²) in [5.74, 6) is 0. The molecular weight excluding hydrogens is 427 g/mol. The SMILES string of the molecule is Cc1cnn(COCC[Si](C)(C)C)c1.Cc1cnn(COCC[Si](C)(C)C)c1B(O)O. The first-order valence-electron chi connectivity index (χ1n) is 10.8. The van der Waals surface area contributed by atoms with E-state index in [1.54, 1.807) is 13.1 Å². The van der Waals surface area contributed by atoms with E-state index in [2.05, 4.69) is 49.5 Å². The van der Waals surface area contributed by atoms with Crippen molar-refractivity contribution >= 4 is 28.9 Å². The van der Waals surface area contributed by atoms with E-state index in [0.29, 0.717) is 18.9 Å². The molecule has 0 radical (unpaired) electrons. The molecule has 11 heteroatoms. The molecule has 2 N–H and O–H groups in total. The van der Waals surface area contributed by atoms with Crippen LogP contribution in [0, 0.1) is 13.8 Å². The molecule has 0 bridgehead atoms. The molecule has 0 spiro atoms. The number of aryl methyl sites for hydroxylation is 2. The fourth-order valence-corrected chi connectivity index (χ4v) is 4.04. The van der Waals surface area contributed by atoms with E-state index in [0.717, 1.165) is 18.2 Å². The van der Waals surface area contributed by atoms with Gasteiger partial charge in [0.1, 0.15) is 13.5 Å². The molecule has 0 saturated carbocycles. The van der Waals surface area contributed by atoms with Crippen molar-refractivity contribution in [2.45, 2.75) is 78.7 Å². The third-order valence-corrected chi connectivity index (χ3v) is 7.92. The van der Waals surface area contributed by atoms with Gasteiger partial charge in [0.05, 0.1) is 18.0 Å². The molecule has 31 heavy (non-hydrogen) atoms. The van der Waals surface area contributed by atoms with Crippen molar-refractivity contribution < 1.29 is 19.5 Å². The number of hydrogen-bond acceptors (Lipinski definition) is 6. The van der Waals surface area contributed by atoms with Gasteiger partial charge in [0.15, 0.2) is 0 Å². The standard InChI is InChI=1S/C10H21BN2O3Si.C10H20N2OSi/c1-9-7-12-13(10(9)11(14)15)8-16-5-6-17(2,3)4;1-10-7-11-12(8-10)9-13-5-6-14(2,3)4/h7,14-15H,5-6,8H2,1-4H3;7-8H,5-6,9H2,1-4H3. The Bertz CT molecular complexity index is 770. The monoisotopic (exact) mass is 468 g/mol. The van der Waals surface area contributed by atoms with Gasteiger partial charge in [0, 0.05) is 35.6 Å². The van der Waals surface area contributed by atoms with Gasteiger partial charge in [-0.25, -0.2) is 9.36 Å². The molecule has 0 fully saturated rings. The van der Waals surface area contributed by atoms with Crippen LogP contribution in [0.2, 0.25) is 51.4 Å². The summed E-state index contributed by atoms with van der Waals surface area (Å²) in [6, 6.07) is 2.30. The smallest absolute Gasteiger partial charge is 0.422 e. The molecule has 0 saturated heterocycles. The van der Waals surface area contributed by atoms with E-state index in [1.165, 1.54) is 16.3 Å². The highest BCUT2D eigenvalue weighted by Crippen LogP contribution is 2.08. The maximum Gasteiger partial charge on any atom is 0.508 e. The number of aromatic nitrogens is 4. The van der Waals surface area contributed by atoms with Crippen molar-refractivity contribution in [3.8, 4) is 0 Å². The minimum atomic E-state index is -1.50. The molecule has 8 nitrogen and oxygen atoms in total. The summed E-state index contributed by atoms with van der Waals surface area (Å²) in [7, 11) is -3.53. The van der Waals surface area contributed by atoms with Crippen molar-refractivity contribution in [1.29, 1.82) is 0 Å². The molecule has 0 unspecified atom stereocenters. The highest BCUT2D eigenvalue weighted by molar-refractivity contribution is 6.76. The molecular formula is C20H41BN4O4Si2. The molecule has 0 aliphatic rings. The summed E-state index contributed by atoms with van der Waals surface area (Å²) >= 11 is 0. The van der Waals surface area contributed by atoms with Crippen LogP contribution in [0.25, 0.3) is 0 Å². The molecule has 0 atom stereocenters. The molecule has 2 rings (SSSR count). The van der Waals surface area contributed by atoms with E-state index < -0.39 is 23.3 Å². The van der Waals surface area contributed by atoms with Crippen molar-refractivity contribution in [1.82, 2.24) is 19.6 Å². The molecule has 0 amide bonds. The molecule has 0 aliphatic heterocycles. The van der Waals surface area contributed by atoms with E-state index in [4.69, 9.17) is 9.47 Å². The first kappa shape index (κ1) is 27.8. The first-order chi connectivity index (χ1) is 14.3. The van der Waals surface area contributed by atoms with Crippen LogP contribution in [0.3, 0.4) is 0 Å². The lowest BCUT2D eigenvalue weighted by molar-refractivity contribution is 0.0785. The van der Waals surface area contributed by atoms with E-state index >= 15 is 0 Å². The highest BCUT2D eigenvalue weighted by Gasteiger charge is 2.20.